The SMILES string of the molecule is O=C(Nc1cccc(F)c1)c1cc2cc(C3CCCN(CC(F)(F)F)C3)ccc2[nH]1. The van der Waals surface area contributed by atoms with Gasteiger partial charge < -0.3 is 10.3 Å². The fraction of sp³-hybridized carbons (Fsp3) is 0.318. The molecule has 2 aromatic carbocycles. The Morgan fingerprint density at radius 2 is 2.00 bits per heavy atom. The number of halogens is 4. The molecule has 1 aliphatic heterocycles. The predicted octanol–water partition coefficient (Wildman–Crippen LogP) is 5.30. The number of likely N-dealkylation sites (tertiary alicyclic amines) is 1. The van der Waals surface area contributed by atoms with Gasteiger partial charge in [0.25, 0.3) is 5.91 Å². The molecule has 3 aromatic rings. The maximum Gasteiger partial charge on any atom is 0.401 e. The van der Waals surface area contributed by atoms with Crippen LogP contribution in [0.5, 0.6) is 0 Å². The normalized spacial score (nSPS) is 17.9. The molecule has 1 aliphatic rings. The Labute approximate surface area is 170 Å². The zero-order valence-corrected chi connectivity index (χ0v) is 16.1. The van der Waals surface area contributed by atoms with Crippen molar-refractivity contribution in [2.24, 2.45) is 0 Å². The molecule has 4 nitrogen and oxygen atoms in total. The smallest absolute Gasteiger partial charge is 0.351 e. The molecule has 1 aromatic heterocycles. The maximum atomic E-state index is 13.3. The number of fused-ring (bicyclic) bond motifs is 1. The van der Waals surface area contributed by atoms with Crippen LogP contribution in [0.4, 0.5) is 23.2 Å². The van der Waals surface area contributed by atoms with E-state index in [1.54, 1.807) is 12.1 Å². The summed E-state index contributed by atoms with van der Waals surface area (Å²) in [7, 11) is 0. The number of alkyl halides is 3. The molecule has 2 heterocycles. The molecule has 0 saturated carbocycles. The molecule has 4 rings (SSSR count). The average molecular weight is 419 g/mol. The van der Waals surface area contributed by atoms with E-state index < -0.39 is 24.4 Å². The minimum absolute atomic E-state index is 0.0185. The van der Waals surface area contributed by atoms with E-state index in [1.807, 2.05) is 18.2 Å². The lowest BCUT2D eigenvalue weighted by Gasteiger charge is -2.33. The molecule has 30 heavy (non-hydrogen) atoms. The van der Waals surface area contributed by atoms with E-state index in [2.05, 4.69) is 10.3 Å². The summed E-state index contributed by atoms with van der Waals surface area (Å²) >= 11 is 0. The molecule has 1 atom stereocenters. The molecule has 0 radical (unpaired) electrons. The average Bonchev–Trinajstić information content (AvgIpc) is 3.10. The number of anilines is 1. The first kappa shape index (κ1) is 20.4. The van der Waals surface area contributed by atoms with Crippen LogP contribution in [0.25, 0.3) is 10.9 Å². The summed E-state index contributed by atoms with van der Waals surface area (Å²) in [5.41, 5.74) is 2.40. The number of rotatable bonds is 4. The van der Waals surface area contributed by atoms with Crippen LogP contribution >= 0.6 is 0 Å². The number of hydrogen-bond acceptors (Lipinski definition) is 2. The van der Waals surface area contributed by atoms with Gasteiger partial charge in [-0.15, -0.1) is 0 Å². The predicted molar refractivity (Wildman–Crippen MR) is 107 cm³/mol. The van der Waals surface area contributed by atoms with Crippen LogP contribution in [0.3, 0.4) is 0 Å². The number of carbonyl (C=O) groups excluding carboxylic acids is 1. The van der Waals surface area contributed by atoms with Crippen molar-refractivity contribution in [1.82, 2.24) is 9.88 Å². The molecular formula is C22H21F4N3O. The monoisotopic (exact) mass is 419 g/mol. The molecule has 1 unspecified atom stereocenters. The minimum atomic E-state index is -4.20. The topological polar surface area (TPSA) is 48.1 Å². The Morgan fingerprint density at radius 3 is 2.77 bits per heavy atom. The van der Waals surface area contributed by atoms with Gasteiger partial charge in [-0.1, -0.05) is 12.1 Å². The molecule has 1 saturated heterocycles. The van der Waals surface area contributed by atoms with Gasteiger partial charge in [-0.05, 0) is 67.3 Å². The summed E-state index contributed by atoms with van der Waals surface area (Å²) in [4.78, 5) is 17.0. The lowest BCUT2D eigenvalue weighted by atomic mass is 9.90. The highest BCUT2D eigenvalue weighted by atomic mass is 19.4. The van der Waals surface area contributed by atoms with Gasteiger partial charge in [0.1, 0.15) is 11.5 Å². The molecule has 0 bridgehead atoms. The third kappa shape index (κ3) is 4.81. The Morgan fingerprint density at radius 1 is 1.17 bits per heavy atom. The lowest BCUT2D eigenvalue weighted by Crippen LogP contribution is -2.40. The van der Waals surface area contributed by atoms with Crippen LogP contribution < -0.4 is 5.32 Å². The van der Waals surface area contributed by atoms with Crippen molar-refractivity contribution < 1.29 is 22.4 Å². The highest BCUT2D eigenvalue weighted by Gasteiger charge is 2.33. The quantitative estimate of drug-likeness (QED) is 0.564. The van der Waals surface area contributed by atoms with Crippen molar-refractivity contribution in [3.8, 4) is 0 Å². The van der Waals surface area contributed by atoms with Crippen molar-refractivity contribution in [2.45, 2.75) is 24.9 Å². The third-order valence-electron chi connectivity index (χ3n) is 5.35. The second kappa shape index (κ2) is 8.10. The van der Waals surface area contributed by atoms with Gasteiger partial charge in [-0.3, -0.25) is 9.69 Å². The first-order valence-electron chi connectivity index (χ1n) is 9.75. The Hall–Kier alpha value is -2.87. The standard InChI is InChI=1S/C22H21F4N3O/c23-17-4-1-5-18(11-17)27-21(30)20-10-16-9-14(6-7-19(16)28-20)15-3-2-8-29(12-15)13-22(24,25)26/h1,4-7,9-11,15,28H,2-3,8,12-13H2,(H,27,30). The number of amides is 1. The Balaban J connectivity index is 1.50. The number of carbonyl (C=O) groups is 1. The Kier molecular flexibility index (Phi) is 5.51. The molecule has 158 valence electrons. The van der Waals surface area contributed by atoms with Gasteiger partial charge in [0, 0.05) is 23.1 Å². The van der Waals surface area contributed by atoms with Crippen LogP contribution in [-0.4, -0.2) is 41.6 Å². The number of benzene rings is 2. The fourth-order valence-corrected chi connectivity index (χ4v) is 4.02. The number of aromatic amines is 1. The largest absolute Gasteiger partial charge is 0.401 e. The zero-order chi connectivity index (χ0) is 21.3. The lowest BCUT2D eigenvalue weighted by molar-refractivity contribution is -0.148. The van der Waals surface area contributed by atoms with Crippen LogP contribution in [0, 0.1) is 5.82 Å². The van der Waals surface area contributed by atoms with Crippen LogP contribution in [0.2, 0.25) is 0 Å². The highest BCUT2D eigenvalue weighted by Crippen LogP contribution is 2.31. The molecule has 1 amide bonds. The van der Waals surface area contributed by atoms with Crippen molar-refractivity contribution in [3.63, 3.8) is 0 Å². The van der Waals surface area contributed by atoms with Crippen molar-refractivity contribution in [1.29, 1.82) is 0 Å². The van der Waals surface area contributed by atoms with E-state index in [9.17, 15) is 22.4 Å². The van der Waals surface area contributed by atoms with E-state index in [0.29, 0.717) is 30.9 Å². The molecule has 8 heteroatoms. The first-order valence-corrected chi connectivity index (χ1v) is 9.75. The third-order valence-corrected chi connectivity index (χ3v) is 5.35. The molecule has 0 spiro atoms. The molecule has 2 N–H and O–H groups in total. The molecular weight excluding hydrogens is 398 g/mol. The summed E-state index contributed by atoms with van der Waals surface area (Å²) in [5, 5.41) is 3.45. The molecule has 0 aliphatic carbocycles. The van der Waals surface area contributed by atoms with E-state index in [1.165, 1.54) is 23.1 Å². The van der Waals surface area contributed by atoms with Gasteiger partial charge in [-0.25, -0.2) is 4.39 Å². The van der Waals surface area contributed by atoms with Gasteiger partial charge in [0.15, 0.2) is 0 Å². The maximum absolute atomic E-state index is 13.3. The molecule has 1 fully saturated rings. The van der Waals surface area contributed by atoms with Crippen LogP contribution in [0.1, 0.15) is 34.8 Å². The summed E-state index contributed by atoms with van der Waals surface area (Å²) in [5.74, 6) is -0.821. The highest BCUT2D eigenvalue weighted by molar-refractivity contribution is 6.06. The van der Waals surface area contributed by atoms with Crippen molar-refractivity contribution >= 4 is 22.5 Å². The number of nitrogens with zero attached hydrogens (tertiary/aromatic N) is 1. The van der Waals surface area contributed by atoms with Crippen molar-refractivity contribution in [2.75, 3.05) is 25.0 Å². The van der Waals surface area contributed by atoms with E-state index in [-0.39, 0.29) is 5.92 Å². The summed E-state index contributed by atoms with van der Waals surface area (Å²) in [6.07, 6.45) is -2.65. The Bertz CT molecular complexity index is 1060. The summed E-state index contributed by atoms with van der Waals surface area (Å²) in [6.45, 7) is -0.0739. The minimum Gasteiger partial charge on any atom is -0.351 e. The van der Waals surface area contributed by atoms with Gasteiger partial charge in [0.05, 0.1) is 6.54 Å². The zero-order valence-electron chi connectivity index (χ0n) is 16.1. The van der Waals surface area contributed by atoms with Crippen LogP contribution in [-0.2, 0) is 0 Å². The van der Waals surface area contributed by atoms with E-state index in [0.717, 1.165) is 22.9 Å². The van der Waals surface area contributed by atoms with Crippen molar-refractivity contribution in [3.05, 3.63) is 65.6 Å². The number of piperidine rings is 1. The fourth-order valence-electron chi connectivity index (χ4n) is 4.02. The second-order valence-corrected chi connectivity index (χ2v) is 7.68. The summed E-state index contributed by atoms with van der Waals surface area (Å²) < 4.78 is 51.5. The number of aromatic nitrogens is 1. The van der Waals surface area contributed by atoms with E-state index >= 15 is 0 Å². The summed E-state index contributed by atoms with van der Waals surface area (Å²) in [6, 6.07) is 13.0. The first-order chi connectivity index (χ1) is 14.3. The van der Waals surface area contributed by atoms with Crippen LogP contribution in [0.15, 0.2) is 48.5 Å². The van der Waals surface area contributed by atoms with E-state index in [4.69, 9.17) is 0 Å². The number of H-pyrrole nitrogens is 1. The van der Waals surface area contributed by atoms with Gasteiger partial charge >= 0.3 is 6.18 Å². The van der Waals surface area contributed by atoms with Gasteiger partial charge in [0.2, 0.25) is 0 Å². The second-order valence-electron chi connectivity index (χ2n) is 7.68. The number of hydrogen-bond donors (Lipinski definition) is 2. The number of nitrogens with one attached hydrogen (secondary N) is 2. The van der Waals surface area contributed by atoms with Gasteiger partial charge in [-0.2, -0.15) is 13.2 Å².